The Labute approximate surface area is 104 Å². The van der Waals surface area contributed by atoms with Crippen molar-refractivity contribution in [1.82, 2.24) is 5.32 Å². The Hall–Kier alpha value is -1.33. The third kappa shape index (κ3) is 2.87. The first kappa shape index (κ1) is 12.1. The maximum absolute atomic E-state index is 4.20. The van der Waals surface area contributed by atoms with E-state index in [9.17, 15) is 0 Å². The van der Waals surface area contributed by atoms with Gasteiger partial charge in [0.15, 0.2) is 0 Å². The molecule has 2 heteroatoms. The molecule has 0 amide bonds. The van der Waals surface area contributed by atoms with Gasteiger partial charge in [0.1, 0.15) is 0 Å². The predicted molar refractivity (Wildman–Crippen MR) is 72.9 cm³/mol. The molecule has 2 rings (SSSR count). The van der Waals surface area contributed by atoms with Gasteiger partial charge >= 0.3 is 0 Å². The van der Waals surface area contributed by atoms with Crippen molar-refractivity contribution in [2.45, 2.75) is 26.7 Å². The molecule has 17 heavy (non-hydrogen) atoms. The first-order chi connectivity index (χ1) is 8.30. The molecule has 0 spiro atoms. The zero-order chi connectivity index (χ0) is 12.1. The van der Waals surface area contributed by atoms with Crippen LogP contribution in [0.1, 0.15) is 26.7 Å². The van der Waals surface area contributed by atoms with Crippen LogP contribution in [0, 0.1) is 23.2 Å². The Morgan fingerprint density at radius 2 is 2.47 bits per heavy atom. The Bertz CT molecular complexity index is 420. The van der Waals surface area contributed by atoms with Gasteiger partial charge in [0.05, 0.1) is 0 Å². The van der Waals surface area contributed by atoms with E-state index in [1.54, 1.807) is 6.20 Å². The summed E-state index contributed by atoms with van der Waals surface area (Å²) in [5, 5.41) is 3.40. The number of nitrogens with zero attached hydrogens (tertiary/aromatic N) is 1. The molecule has 2 fully saturated rings. The van der Waals surface area contributed by atoms with E-state index in [1.165, 1.54) is 6.42 Å². The SMILES string of the molecule is C\C=C/N=C/C(C#CC12CNCC1C2)=C/CC. The Kier molecular flexibility index (Phi) is 3.81. The van der Waals surface area contributed by atoms with Crippen LogP contribution in [0.2, 0.25) is 0 Å². The maximum Gasteiger partial charge on any atom is 0.0487 e. The molecule has 1 saturated heterocycles. The van der Waals surface area contributed by atoms with E-state index in [0.717, 1.165) is 31.0 Å². The van der Waals surface area contributed by atoms with E-state index in [4.69, 9.17) is 0 Å². The standard InChI is InChI=1S/C15H20N2/c1-3-5-13(10-16-8-4-2)6-7-15-9-14(15)11-17-12-15/h4-5,8,10,14,17H,3,9,11-12H2,1-2H3/b8-4-,13-5+,16-10+. The van der Waals surface area contributed by atoms with Gasteiger partial charge in [-0.2, -0.15) is 0 Å². The minimum absolute atomic E-state index is 0.293. The van der Waals surface area contributed by atoms with Gasteiger partial charge in [0.2, 0.25) is 0 Å². The molecule has 1 aliphatic heterocycles. The molecule has 90 valence electrons. The Morgan fingerprint density at radius 3 is 3.06 bits per heavy atom. The second-order valence-electron chi connectivity index (χ2n) is 4.77. The molecular weight excluding hydrogens is 208 g/mol. The van der Waals surface area contributed by atoms with Crippen molar-refractivity contribution >= 4 is 6.21 Å². The van der Waals surface area contributed by atoms with Crippen LogP contribution in [-0.4, -0.2) is 19.3 Å². The summed E-state index contributed by atoms with van der Waals surface area (Å²) >= 11 is 0. The summed E-state index contributed by atoms with van der Waals surface area (Å²) in [4.78, 5) is 4.20. The van der Waals surface area contributed by atoms with Crippen LogP contribution < -0.4 is 5.32 Å². The molecule has 0 aromatic heterocycles. The minimum Gasteiger partial charge on any atom is -0.315 e. The Balaban J connectivity index is 2.03. The largest absolute Gasteiger partial charge is 0.315 e. The second kappa shape index (κ2) is 5.33. The summed E-state index contributed by atoms with van der Waals surface area (Å²) in [5.74, 6) is 7.54. The lowest BCUT2D eigenvalue weighted by Crippen LogP contribution is -2.14. The molecule has 1 aliphatic carbocycles. The lowest BCUT2D eigenvalue weighted by Gasteiger charge is -1.99. The molecule has 1 N–H and O–H groups in total. The van der Waals surface area contributed by atoms with E-state index < -0.39 is 0 Å². The second-order valence-corrected chi connectivity index (χ2v) is 4.77. The highest BCUT2D eigenvalue weighted by atomic mass is 15.0. The first-order valence-corrected chi connectivity index (χ1v) is 6.39. The van der Waals surface area contributed by atoms with E-state index in [1.807, 2.05) is 19.2 Å². The smallest absolute Gasteiger partial charge is 0.0487 e. The van der Waals surface area contributed by atoms with Crippen molar-refractivity contribution in [3.05, 3.63) is 23.9 Å². The minimum atomic E-state index is 0.293. The summed E-state index contributed by atoms with van der Waals surface area (Å²) in [6.07, 6.45) is 9.98. The summed E-state index contributed by atoms with van der Waals surface area (Å²) in [6.45, 7) is 6.30. The fraction of sp³-hybridized carbons (Fsp3) is 0.533. The van der Waals surface area contributed by atoms with Gasteiger partial charge in [-0.15, -0.1) is 0 Å². The highest BCUT2D eigenvalue weighted by Gasteiger charge is 2.56. The highest BCUT2D eigenvalue weighted by Crippen LogP contribution is 2.54. The van der Waals surface area contributed by atoms with Crippen LogP contribution in [0.25, 0.3) is 0 Å². The van der Waals surface area contributed by atoms with Crippen LogP contribution in [0.15, 0.2) is 28.9 Å². The summed E-state index contributed by atoms with van der Waals surface area (Å²) < 4.78 is 0. The van der Waals surface area contributed by atoms with Gasteiger partial charge < -0.3 is 5.32 Å². The van der Waals surface area contributed by atoms with E-state index in [0.29, 0.717) is 5.41 Å². The van der Waals surface area contributed by atoms with E-state index in [2.05, 4.69) is 35.1 Å². The normalized spacial score (nSPS) is 31.6. The van der Waals surface area contributed by atoms with Crippen molar-refractivity contribution in [3.63, 3.8) is 0 Å². The van der Waals surface area contributed by atoms with E-state index >= 15 is 0 Å². The highest BCUT2D eigenvalue weighted by molar-refractivity contribution is 5.85. The van der Waals surface area contributed by atoms with Crippen LogP contribution in [0.5, 0.6) is 0 Å². The summed E-state index contributed by atoms with van der Waals surface area (Å²) in [5.41, 5.74) is 1.33. The molecular formula is C15H20N2. The molecule has 0 aromatic carbocycles. The molecule has 0 aromatic rings. The molecule has 0 bridgehead atoms. The number of hydrogen-bond acceptors (Lipinski definition) is 2. The number of fused-ring (bicyclic) bond motifs is 1. The van der Waals surface area contributed by atoms with E-state index in [-0.39, 0.29) is 0 Å². The number of aliphatic imine (C=N–C) groups is 1. The quantitative estimate of drug-likeness (QED) is 0.582. The first-order valence-electron chi connectivity index (χ1n) is 6.39. The third-order valence-electron chi connectivity index (χ3n) is 3.39. The lowest BCUT2D eigenvalue weighted by atomic mass is 10.1. The summed E-state index contributed by atoms with van der Waals surface area (Å²) in [7, 11) is 0. The van der Waals surface area contributed by atoms with Crippen LogP contribution in [-0.2, 0) is 0 Å². The van der Waals surface area contributed by atoms with Gasteiger partial charge in [-0.3, -0.25) is 4.99 Å². The molecule has 0 radical (unpaired) electrons. The lowest BCUT2D eigenvalue weighted by molar-refractivity contribution is 0.666. The van der Waals surface area contributed by atoms with Crippen LogP contribution >= 0.6 is 0 Å². The van der Waals surface area contributed by atoms with Gasteiger partial charge in [-0.25, -0.2) is 0 Å². The van der Waals surface area contributed by atoms with Crippen molar-refractivity contribution in [1.29, 1.82) is 0 Å². The fourth-order valence-corrected chi connectivity index (χ4v) is 2.29. The fourth-order valence-electron chi connectivity index (χ4n) is 2.29. The van der Waals surface area contributed by atoms with Crippen LogP contribution in [0.4, 0.5) is 0 Å². The number of rotatable bonds is 3. The van der Waals surface area contributed by atoms with Gasteiger partial charge in [-0.05, 0) is 32.2 Å². The van der Waals surface area contributed by atoms with Crippen molar-refractivity contribution in [2.24, 2.45) is 16.3 Å². The third-order valence-corrected chi connectivity index (χ3v) is 3.39. The van der Waals surface area contributed by atoms with Crippen molar-refractivity contribution in [2.75, 3.05) is 13.1 Å². The molecule has 2 aliphatic rings. The maximum atomic E-state index is 4.20. The average Bonchev–Trinajstić information content (AvgIpc) is 2.88. The van der Waals surface area contributed by atoms with Gasteiger partial charge in [0, 0.05) is 29.9 Å². The monoisotopic (exact) mass is 228 g/mol. The van der Waals surface area contributed by atoms with Crippen molar-refractivity contribution in [3.8, 4) is 11.8 Å². The topological polar surface area (TPSA) is 24.4 Å². The molecule has 1 saturated carbocycles. The zero-order valence-corrected chi connectivity index (χ0v) is 10.7. The number of nitrogens with one attached hydrogen (secondary N) is 1. The predicted octanol–water partition coefficient (Wildman–Crippen LogP) is 2.54. The molecule has 2 unspecified atom stereocenters. The van der Waals surface area contributed by atoms with Crippen LogP contribution in [0.3, 0.4) is 0 Å². The van der Waals surface area contributed by atoms with Crippen molar-refractivity contribution < 1.29 is 0 Å². The zero-order valence-electron chi connectivity index (χ0n) is 10.7. The molecule has 2 atom stereocenters. The average molecular weight is 228 g/mol. The number of allylic oxidation sites excluding steroid dienone is 3. The summed E-state index contributed by atoms with van der Waals surface area (Å²) in [6, 6.07) is 0. The number of piperidine rings is 1. The molecule has 2 nitrogen and oxygen atoms in total. The van der Waals surface area contributed by atoms with Gasteiger partial charge in [-0.1, -0.05) is 30.9 Å². The van der Waals surface area contributed by atoms with Gasteiger partial charge in [0.25, 0.3) is 0 Å². The Morgan fingerprint density at radius 1 is 1.59 bits per heavy atom. The molecule has 1 heterocycles. The number of hydrogen-bond donors (Lipinski definition) is 1.